The van der Waals surface area contributed by atoms with Crippen LogP contribution >= 0.6 is 23.6 Å². The quantitative estimate of drug-likeness (QED) is 0.829. The Bertz CT molecular complexity index is 667. The van der Waals surface area contributed by atoms with Crippen LogP contribution in [0.15, 0.2) is 24.3 Å². The van der Waals surface area contributed by atoms with Crippen LogP contribution < -0.4 is 15.4 Å². The van der Waals surface area contributed by atoms with Crippen LogP contribution in [-0.4, -0.2) is 17.2 Å². The lowest BCUT2D eigenvalue weighted by atomic mass is 9.93. The van der Waals surface area contributed by atoms with Crippen molar-refractivity contribution in [2.75, 3.05) is 17.7 Å². The summed E-state index contributed by atoms with van der Waals surface area (Å²) < 4.78 is 5.14. The number of fused-ring (bicyclic) bond motifs is 1. The van der Waals surface area contributed by atoms with Gasteiger partial charge in [-0.1, -0.05) is 6.92 Å². The fourth-order valence-electron chi connectivity index (χ4n) is 2.53. The highest BCUT2D eigenvalue weighted by atomic mass is 32.1. The zero-order valence-electron chi connectivity index (χ0n) is 12.7. The lowest BCUT2D eigenvalue weighted by molar-refractivity contribution is 0.415. The Balaban J connectivity index is 1.61. The first kappa shape index (κ1) is 15.2. The maximum Gasteiger partial charge on any atom is 0.189 e. The Morgan fingerprint density at radius 1 is 1.32 bits per heavy atom. The number of nitrogens with zero attached hydrogens (tertiary/aromatic N) is 1. The Morgan fingerprint density at radius 2 is 2.09 bits per heavy atom. The summed E-state index contributed by atoms with van der Waals surface area (Å²) in [5, 5.41) is 7.79. The van der Waals surface area contributed by atoms with Crippen molar-refractivity contribution < 1.29 is 4.74 Å². The van der Waals surface area contributed by atoms with Gasteiger partial charge in [0.1, 0.15) is 5.75 Å². The molecule has 1 aromatic heterocycles. The second-order valence-corrected chi connectivity index (χ2v) is 7.04. The minimum absolute atomic E-state index is 0.560. The van der Waals surface area contributed by atoms with Crippen molar-refractivity contribution in [3.63, 3.8) is 0 Å². The van der Waals surface area contributed by atoms with Gasteiger partial charge in [-0.15, -0.1) is 11.3 Å². The molecular weight excluding hydrogens is 314 g/mol. The Morgan fingerprint density at radius 3 is 2.82 bits per heavy atom. The summed E-state index contributed by atoms with van der Waals surface area (Å²) in [5.74, 6) is 1.58. The molecule has 0 fully saturated rings. The summed E-state index contributed by atoms with van der Waals surface area (Å²) in [4.78, 5) is 6.05. The zero-order valence-corrected chi connectivity index (χ0v) is 14.3. The molecule has 4 nitrogen and oxygen atoms in total. The highest BCUT2D eigenvalue weighted by Gasteiger charge is 2.19. The SMILES string of the molecule is COc1ccc(NC(=S)Nc2nc3c(s2)CC(C)CC3)cc1. The number of hydrogen-bond donors (Lipinski definition) is 2. The van der Waals surface area contributed by atoms with E-state index < -0.39 is 0 Å². The number of benzene rings is 1. The predicted molar refractivity (Wildman–Crippen MR) is 96.1 cm³/mol. The smallest absolute Gasteiger partial charge is 0.189 e. The summed E-state index contributed by atoms with van der Waals surface area (Å²) in [5.41, 5.74) is 2.16. The van der Waals surface area contributed by atoms with E-state index in [1.807, 2.05) is 24.3 Å². The molecule has 0 saturated carbocycles. The number of hydrogen-bond acceptors (Lipinski definition) is 4. The zero-order chi connectivity index (χ0) is 15.5. The van der Waals surface area contributed by atoms with Crippen LogP contribution in [0.25, 0.3) is 0 Å². The summed E-state index contributed by atoms with van der Waals surface area (Å²) >= 11 is 7.07. The third-order valence-electron chi connectivity index (χ3n) is 3.75. The average molecular weight is 333 g/mol. The van der Waals surface area contributed by atoms with Gasteiger partial charge in [0.15, 0.2) is 10.2 Å². The molecule has 1 heterocycles. The van der Waals surface area contributed by atoms with E-state index in [0.717, 1.165) is 35.3 Å². The van der Waals surface area contributed by atoms with Gasteiger partial charge in [0.05, 0.1) is 12.8 Å². The number of anilines is 2. The number of aromatic nitrogens is 1. The molecule has 0 spiro atoms. The van der Waals surface area contributed by atoms with Gasteiger partial charge in [0, 0.05) is 10.6 Å². The van der Waals surface area contributed by atoms with Crippen LogP contribution in [0.4, 0.5) is 10.8 Å². The van der Waals surface area contributed by atoms with Gasteiger partial charge in [-0.05, 0) is 61.7 Å². The molecule has 0 radical (unpaired) electrons. The van der Waals surface area contributed by atoms with E-state index >= 15 is 0 Å². The third kappa shape index (κ3) is 3.56. The van der Waals surface area contributed by atoms with Gasteiger partial charge >= 0.3 is 0 Å². The standard InChI is InChI=1S/C16H19N3OS2/c1-10-3-8-13-14(9-10)22-16(18-13)19-15(21)17-11-4-6-12(20-2)7-5-11/h4-7,10H,3,8-9H2,1-2H3,(H2,17,18,19,21). The van der Waals surface area contributed by atoms with Gasteiger partial charge in [0.2, 0.25) is 0 Å². The maximum atomic E-state index is 5.36. The molecule has 1 aromatic carbocycles. The van der Waals surface area contributed by atoms with Crippen LogP contribution in [0.5, 0.6) is 5.75 Å². The molecule has 0 saturated heterocycles. The van der Waals surface area contributed by atoms with E-state index in [1.165, 1.54) is 17.0 Å². The molecule has 0 bridgehead atoms. The lowest BCUT2D eigenvalue weighted by Crippen LogP contribution is -2.18. The van der Waals surface area contributed by atoms with Crippen LogP contribution in [0.1, 0.15) is 23.9 Å². The molecule has 0 aliphatic heterocycles. The van der Waals surface area contributed by atoms with Crippen LogP contribution in [0.2, 0.25) is 0 Å². The minimum atomic E-state index is 0.560. The van der Waals surface area contributed by atoms with Crippen molar-refractivity contribution in [1.29, 1.82) is 0 Å². The van der Waals surface area contributed by atoms with E-state index in [-0.39, 0.29) is 0 Å². The second kappa shape index (κ2) is 6.62. The number of nitrogens with one attached hydrogen (secondary N) is 2. The topological polar surface area (TPSA) is 46.2 Å². The van der Waals surface area contributed by atoms with Gasteiger partial charge in [-0.2, -0.15) is 0 Å². The molecule has 22 heavy (non-hydrogen) atoms. The van der Waals surface area contributed by atoms with Gasteiger partial charge in [-0.25, -0.2) is 4.98 Å². The summed E-state index contributed by atoms with van der Waals surface area (Å²) in [6, 6.07) is 7.66. The number of thiocarbonyl (C=S) groups is 1. The van der Waals surface area contributed by atoms with E-state index in [9.17, 15) is 0 Å². The van der Waals surface area contributed by atoms with Crippen molar-refractivity contribution in [1.82, 2.24) is 4.98 Å². The van der Waals surface area contributed by atoms with Crippen molar-refractivity contribution in [2.24, 2.45) is 5.92 Å². The Hall–Kier alpha value is -1.66. The number of aryl methyl sites for hydroxylation is 1. The average Bonchev–Trinajstić information content (AvgIpc) is 2.89. The monoisotopic (exact) mass is 333 g/mol. The molecule has 3 rings (SSSR count). The number of thiazole rings is 1. The maximum absolute atomic E-state index is 5.36. The highest BCUT2D eigenvalue weighted by Crippen LogP contribution is 2.32. The predicted octanol–water partition coefficient (Wildman–Crippen LogP) is 4.09. The van der Waals surface area contributed by atoms with Crippen LogP contribution in [0, 0.1) is 5.92 Å². The molecule has 0 amide bonds. The van der Waals surface area contributed by atoms with Gasteiger partial charge in [-0.3, -0.25) is 0 Å². The third-order valence-corrected chi connectivity index (χ3v) is 4.99. The fourth-order valence-corrected chi connectivity index (χ4v) is 3.98. The molecule has 1 unspecified atom stereocenters. The van der Waals surface area contributed by atoms with Crippen molar-refractivity contribution >= 4 is 39.5 Å². The Labute approximate surface area is 139 Å². The summed E-state index contributed by atoms with van der Waals surface area (Å²) in [6.07, 6.45) is 3.44. The van der Waals surface area contributed by atoms with Crippen molar-refractivity contribution in [3.8, 4) is 5.75 Å². The molecule has 2 N–H and O–H groups in total. The van der Waals surface area contributed by atoms with Crippen LogP contribution in [-0.2, 0) is 12.8 Å². The molecule has 116 valence electrons. The first-order valence-corrected chi connectivity index (χ1v) is 8.57. The number of ether oxygens (including phenoxy) is 1. The first-order valence-electron chi connectivity index (χ1n) is 7.34. The van der Waals surface area contributed by atoms with E-state index in [1.54, 1.807) is 18.4 Å². The molecule has 1 aliphatic rings. The van der Waals surface area contributed by atoms with E-state index in [0.29, 0.717) is 5.11 Å². The number of rotatable bonds is 3. The first-order chi connectivity index (χ1) is 10.6. The van der Waals surface area contributed by atoms with E-state index in [2.05, 4.69) is 22.5 Å². The van der Waals surface area contributed by atoms with Crippen molar-refractivity contribution in [2.45, 2.75) is 26.2 Å². The van der Waals surface area contributed by atoms with Gasteiger partial charge < -0.3 is 15.4 Å². The molecule has 2 aromatic rings. The fraction of sp³-hybridized carbons (Fsp3) is 0.375. The Kier molecular flexibility index (Phi) is 4.59. The lowest BCUT2D eigenvalue weighted by Gasteiger charge is -2.15. The molecule has 6 heteroatoms. The van der Waals surface area contributed by atoms with E-state index in [4.69, 9.17) is 17.0 Å². The molecular formula is C16H19N3OS2. The summed E-state index contributed by atoms with van der Waals surface area (Å²) in [6.45, 7) is 2.30. The van der Waals surface area contributed by atoms with Crippen molar-refractivity contribution in [3.05, 3.63) is 34.8 Å². The summed E-state index contributed by atoms with van der Waals surface area (Å²) in [7, 11) is 1.65. The molecule has 1 aliphatic carbocycles. The molecule has 1 atom stereocenters. The largest absolute Gasteiger partial charge is 0.497 e. The highest BCUT2D eigenvalue weighted by molar-refractivity contribution is 7.80. The normalized spacial score (nSPS) is 16.7. The van der Waals surface area contributed by atoms with Crippen LogP contribution in [0.3, 0.4) is 0 Å². The number of methoxy groups -OCH3 is 1. The second-order valence-electron chi connectivity index (χ2n) is 5.54. The minimum Gasteiger partial charge on any atom is -0.497 e. The van der Waals surface area contributed by atoms with Gasteiger partial charge in [0.25, 0.3) is 0 Å².